The number of carboxylic acid groups (broad SMARTS) is 1. The lowest BCUT2D eigenvalue weighted by Crippen LogP contribution is -2.43. The maximum Gasteiger partial charge on any atom is 0.307 e. The Labute approximate surface area is 127 Å². The van der Waals surface area contributed by atoms with Crippen LogP contribution >= 0.6 is 0 Å². The van der Waals surface area contributed by atoms with Gasteiger partial charge in [0.1, 0.15) is 6.54 Å². The molecule has 0 saturated carbocycles. The zero-order chi connectivity index (χ0) is 16.3. The summed E-state index contributed by atoms with van der Waals surface area (Å²) in [4.78, 5) is 22.6. The Morgan fingerprint density at radius 1 is 1.19 bits per heavy atom. The van der Waals surface area contributed by atoms with Crippen molar-refractivity contribution in [2.24, 2.45) is 0 Å². The van der Waals surface area contributed by atoms with Gasteiger partial charge in [-0.25, -0.2) is 0 Å². The number of rotatable bonds is 10. The number of ether oxygens (including phenoxy) is 1. The van der Waals surface area contributed by atoms with Gasteiger partial charge in [0.05, 0.1) is 27.6 Å². The fraction of sp³-hybridized carbons (Fsp3) is 0.625. The molecule has 0 aliphatic rings. The van der Waals surface area contributed by atoms with E-state index in [2.05, 4.69) is 0 Å². The van der Waals surface area contributed by atoms with E-state index < -0.39 is 12.1 Å². The second-order valence-corrected chi connectivity index (χ2v) is 6.00. The molecule has 1 unspecified atom stereocenters. The van der Waals surface area contributed by atoms with E-state index in [1.54, 1.807) is 0 Å². The lowest BCUT2D eigenvalue weighted by molar-refractivity contribution is -0.873. The summed E-state index contributed by atoms with van der Waals surface area (Å²) in [5.74, 6) is -1.29. The molecule has 0 radical (unpaired) electrons. The summed E-state index contributed by atoms with van der Waals surface area (Å²) >= 11 is 0. The average Bonchev–Trinajstić information content (AvgIpc) is 2.30. The Bertz CT molecular complexity index is 380. The number of hydrogen-bond donors (Lipinski definition) is 1. The van der Waals surface area contributed by atoms with Crippen LogP contribution in [0.5, 0.6) is 0 Å². The van der Waals surface area contributed by atoms with Crippen LogP contribution in [0.15, 0.2) is 24.3 Å². The minimum Gasteiger partial charge on any atom is -0.481 e. The Hall–Kier alpha value is -1.62. The van der Waals surface area contributed by atoms with Crippen LogP contribution in [0, 0.1) is 0 Å². The van der Waals surface area contributed by atoms with Crippen LogP contribution in [0.1, 0.15) is 32.6 Å². The third-order valence-electron chi connectivity index (χ3n) is 2.64. The fourth-order valence-electron chi connectivity index (χ4n) is 1.82. The van der Waals surface area contributed by atoms with Gasteiger partial charge in [-0.2, -0.15) is 0 Å². The highest BCUT2D eigenvalue weighted by molar-refractivity contribution is 5.71. The minimum atomic E-state index is -0.951. The first-order valence-electron chi connectivity index (χ1n) is 7.22. The van der Waals surface area contributed by atoms with E-state index in [1.165, 1.54) is 0 Å². The zero-order valence-corrected chi connectivity index (χ0v) is 13.5. The molecule has 5 nitrogen and oxygen atoms in total. The van der Waals surface area contributed by atoms with Crippen LogP contribution in [0.25, 0.3) is 0 Å². The lowest BCUT2D eigenvalue weighted by atomic mass is 10.2. The molecule has 120 valence electrons. The molecule has 0 rings (SSSR count). The van der Waals surface area contributed by atoms with Gasteiger partial charge in [0.2, 0.25) is 0 Å². The van der Waals surface area contributed by atoms with E-state index in [0.29, 0.717) is 17.4 Å². The zero-order valence-electron chi connectivity index (χ0n) is 13.5. The number of hydrogen-bond acceptors (Lipinski definition) is 3. The van der Waals surface area contributed by atoms with Gasteiger partial charge >= 0.3 is 11.9 Å². The van der Waals surface area contributed by atoms with Gasteiger partial charge in [0.15, 0.2) is 6.10 Å². The van der Waals surface area contributed by atoms with Crippen molar-refractivity contribution in [1.29, 1.82) is 0 Å². The first kappa shape index (κ1) is 19.4. The summed E-state index contributed by atoms with van der Waals surface area (Å²) in [5.41, 5.74) is 0. The van der Waals surface area contributed by atoms with Crippen LogP contribution in [0.3, 0.4) is 0 Å². The summed E-state index contributed by atoms with van der Waals surface area (Å²) in [6, 6.07) is 0. The topological polar surface area (TPSA) is 63.6 Å². The predicted octanol–water partition coefficient (Wildman–Crippen LogP) is 2.38. The Balaban J connectivity index is 4.21. The minimum absolute atomic E-state index is 0.154. The van der Waals surface area contributed by atoms with Crippen molar-refractivity contribution >= 4 is 11.9 Å². The smallest absolute Gasteiger partial charge is 0.307 e. The first-order valence-corrected chi connectivity index (χ1v) is 7.22. The SMILES string of the molecule is C/C=C/C/C=C/CCC(=O)OC(CC(=O)O)C[N+](C)(C)C. The molecule has 0 aromatic heterocycles. The standard InChI is InChI=1S/C16H27NO4/c1-5-6-7-8-9-10-11-16(20)21-14(12-15(18)19)13-17(2,3)4/h5-6,8-9,14H,7,10-13H2,1-4H3/p+1/b6-5+,9-8+. The maximum atomic E-state index is 11.7. The number of carbonyl (C=O) groups excluding carboxylic acids is 1. The molecule has 0 amide bonds. The molecule has 0 aliphatic heterocycles. The summed E-state index contributed by atoms with van der Waals surface area (Å²) in [5, 5.41) is 8.87. The molecule has 0 spiro atoms. The highest BCUT2D eigenvalue weighted by atomic mass is 16.5. The Kier molecular flexibility index (Phi) is 9.37. The molecule has 1 N–H and O–H groups in total. The van der Waals surface area contributed by atoms with Crippen molar-refractivity contribution in [3.05, 3.63) is 24.3 Å². The second kappa shape index (κ2) is 10.2. The van der Waals surface area contributed by atoms with E-state index in [4.69, 9.17) is 9.84 Å². The number of allylic oxidation sites excluding steroid dienone is 4. The number of carbonyl (C=O) groups is 2. The molecule has 1 atom stereocenters. The molecular weight excluding hydrogens is 270 g/mol. The van der Waals surface area contributed by atoms with Crippen LogP contribution in [0.2, 0.25) is 0 Å². The average molecular weight is 298 g/mol. The third-order valence-corrected chi connectivity index (χ3v) is 2.64. The highest BCUT2D eigenvalue weighted by Crippen LogP contribution is 2.07. The number of esters is 1. The summed E-state index contributed by atoms with van der Waals surface area (Å²) in [6.07, 6.45) is 8.94. The fourth-order valence-corrected chi connectivity index (χ4v) is 1.82. The number of likely N-dealkylation sites (N-methyl/N-ethyl adjacent to an activating group) is 1. The Morgan fingerprint density at radius 3 is 2.38 bits per heavy atom. The number of aliphatic carboxylic acids is 1. The lowest BCUT2D eigenvalue weighted by Gasteiger charge is -2.28. The summed E-state index contributed by atoms with van der Waals surface area (Å²) in [6.45, 7) is 2.44. The highest BCUT2D eigenvalue weighted by Gasteiger charge is 2.24. The van der Waals surface area contributed by atoms with Gasteiger partial charge in [0.25, 0.3) is 0 Å². The Morgan fingerprint density at radius 2 is 1.86 bits per heavy atom. The normalized spacial score (nSPS) is 13.7. The predicted molar refractivity (Wildman–Crippen MR) is 82.8 cm³/mol. The third kappa shape index (κ3) is 13.1. The monoisotopic (exact) mass is 298 g/mol. The summed E-state index contributed by atoms with van der Waals surface area (Å²) in [7, 11) is 5.81. The van der Waals surface area contributed by atoms with Crippen molar-refractivity contribution < 1.29 is 23.9 Å². The van der Waals surface area contributed by atoms with Gasteiger partial charge in [0, 0.05) is 6.42 Å². The van der Waals surface area contributed by atoms with E-state index in [1.807, 2.05) is 52.4 Å². The van der Waals surface area contributed by atoms with E-state index >= 15 is 0 Å². The van der Waals surface area contributed by atoms with E-state index in [9.17, 15) is 9.59 Å². The number of nitrogens with zero attached hydrogens (tertiary/aromatic N) is 1. The van der Waals surface area contributed by atoms with Crippen molar-refractivity contribution in [1.82, 2.24) is 0 Å². The molecule has 0 heterocycles. The maximum absolute atomic E-state index is 11.7. The van der Waals surface area contributed by atoms with Crippen LogP contribution < -0.4 is 0 Å². The van der Waals surface area contributed by atoms with Crippen molar-refractivity contribution in [2.75, 3.05) is 27.7 Å². The molecule has 5 heteroatoms. The molecule has 0 aromatic rings. The number of carboxylic acids is 1. The molecular formula is C16H28NO4+. The molecule has 0 bridgehead atoms. The van der Waals surface area contributed by atoms with Gasteiger partial charge in [-0.15, -0.1) is 0 Å². The van der Waals surface area contributed by atoms with Crippen molar-refractivity contribution in [3.63, 3.8) is 0 Å². The second-order valence-electron chi connectivity index (χ2n) is 6.00. The molecule has 0 fully saturated rings. The number of quaternary nitrogens is 1. The molecule has 0 aromatic carbocycles. The van der Waals surface area contributed by atoms with Gasteiger partial charge in [-0.1, -0.05) is 24.3 Å². The van der Waals surface area contributed by atoms with Crippen LogP contribution in [-0.2, 0) is 14.3 Å². The van der Waals surface area contributed by atoms with Crippen molar-refractivity contribution in [3.8, 4) is 0 Å². The molecule has 21 heavy (non-hydrogen) atoms. The first-order chi connectivity index (χ1) is 9.74. The molecule has 0 saturated heterocycles. The van der Waals surface area contributed by atoms with Crippen molar-refractivity contribution in [2.45, 2.75) is 38.7 Å². The van der Waals surface area contributed by atoms with E-state index in [0.717, 1.165) is 6.42 Å². The van der Waals surface area contributed by atoms with Crippen LogP contribution in [-0.4, -0.2) is 55.3 Å². The summed E-state index contributed by atoms with van der Waals surface area (Å²) < 4.78 is 5.83. The largest absolute Gasteiger partial charge is 0.481 e. The van der Waals surface area contributed by atoms with E-state index in [-0.39, 0.29) is 18.8 Å². The van der Waals surface area contributed by atoms with Gasteiger partial charge < -0.3 is 14.3 Å². The van der Waals surface area contributed by atoms with Crippen LogP contribution in [0.4, 0.5) is 0 Å². The van der Waals surface area contributed by atoms with Gasteiger partial charge in [-0.3, -0.25) is 9.59 Å². The van der Waals surface area contributed by atoms with Gasteiger partial charge in [-0.05, 0) is 19.8 Å². The quantitative estimate of drug-likeness (QED) is 0.382. The molecule has 0 aliphatic carbocycles.